The van der Waals surface area contributed by atoms with Gasteiger partial charge in [0.15, 0.2) is 0 Å². The maximum Gasteiger partial charge on any atom is 0.0185 e. The van der Waals surface area contributed by atoms with Gasteiger partial charge in [-0.05, 0) is 12.5 Å². The zero-order valence-corrected chi connectivity index (χ0v) is 8.23. The van der Waals surface area contributed by atoms with Crippen LogP contribution < -0.4 is 5.73 Å². The topological polar surface area (TPSA) is 26.0 Å². The molecule has 1 rings (SSSR count). The van der Waals surface area contributed by atoms with E-state index in [1.807, 2.05) is 11.8 Å². The van der Waals surface area contributed by atoms with E-state index in [0.717, 1.165) is 18.1 Å². The minimum Gasteiger partial charge on any atom is -0.330 e. The Morgan fingerprint density at radius 1 is 1.25 bits per heavy atom. The van der Waals surface area contributed by atoms with Gasteiger partial charge in [-0.1, -0.05) is 29.8 Å². The van der Waals surface area contributed by atoms with Gasteiger partial charge >= 0.3 is 0 Å². The van der Waals surface area contributed by atoms with Gasteiger partial charge in [-0.25, -0.2) is 0 Å². The predicted molar refractivity (Wildman–Crippen MR) is 56.4 cm³/mol. The highest BCUT2D eigenvalue weighted by atomic mass is 32.2. The van der Waals surface area contributed by atoms with Crippen LogP contribution in [0.15, 0.2) is 24.3 Å². The Bertz CT molecular complexity index is 218. The smallest absolute Gasteiger partial charge is 0.0185 e. The van der Waals surface area contributed by atoms with Gasteiger partial charge in [0.2, 0.25) is 0 Å². The lowest BCUT2D eigenvalue weighted by molar-refractivity contribution is 1.15. The van der Waals surface area contributed by atoms with E-state index in [1.54, 1.807) is 0 Å². The quantitative estimate of drug-likeness (QED) is 0.721. The molecule has 0 fully saturated rings. The highest BCUT2D eigenvalue weighted by Crippen LogP contribution is 2.11. The van der Waals surface area contributed by atoms with Crippen LogP contribution in [-0.4, -0.2) is 12.3 Å². The maximum atomic E-state index is 5.40. The van der Waals surface area contributed by atoms with E-state index >= 15 is 0 Å². The molecule has 0 aliphatic rings. The molecule has 0 atom stereocenters. The number of aryl methyl sites for hydroxylation is 1. The van der Waals surface area contributed by atoms with Crippen molar-refractivity contribution in [1.82, 2.24) is 0 Å². The van der Waals surface area contributed by atoms with Crippen molar-refractivity contribution in [2.24, 2.45) is 5.73 Å². The molecule has 0 heterocycles. The van der Waals surface area contributed by atoms with Crippen LogP contribution in [0.5, 0.6) is 0 Å². The lowest BCUT2D eigenvalue weighted by Crippen LogP contribution is -2.01. The minimum atomic E-state index is 0.774. The summed E-state index contributed by atoms with van der Waals surface area (Å²) in [6.45, 7) is 2.88. The summed E-state index contributed by atoms with van der Waals surface area (Å²) in [7, 11) is 0. The number of benzene rings is 1. The third-order valence-corrected chi connectivity index (χ3v) is 2.71. The largest absolute Gasteiger partial charge is 0.330 e. The van der Waals surface area contributed by atoms with Crippen LogP contribution >= 0.6 is 11.8 Å². The molecule has 12 heavy (non-hydrogen) atoms. The van der Waals surface area contributed by atoms with Gasteiger partial charge in [0.05, 0.1) is 0 Å². The first-order valence-electron chi connectivity index (χ1n) is 4.16. The Morgan fingerprint density at radius 2 is 1.92 bits per heavy atom. The third kappa shape index (κ3) is 3.28. The van der Waals surface area contributed by atoms with E-state index in [-0.39, 0.29) is 0 Å². The molecule has 0 saturated heterocycles. The Balaban J connectivity index is 2.37. The van der Waals surface area contributed by atoms with Crippen LogP contribution in [0.4, 0.5) is 0 Å². The van der Waals surface area contributed by atoms with Crippen LogP contribution in [0.3, 0.4) is 0 Å². The maximum absolute atomic E-state index is 5.40. The van der Waals surface area contributed by atoms with Crippen LogP contribution in [0.2, 0.25) is 0 Å². The molecule has 2 N–H and O–H groups in total. The van der Waals surface area contributed by atoms with Crippen LogP contribution in [0.1, 0.15) is 11.1 Å². The van der Waals surface area contributed by atoms with E-state index in [9.17, 15) is 0 Å². The minimum absolute atomic E-state index is 0.774. The number of hydrogen-bond acceptors (Lipinski definition) is 2. The van der Waals surface area contributed by atoms with E-state index in [4.69, 9.17) is 5.73 Å². The normalized spacial score (nSPS) is 10.2. The molecule has 66 valence electrons. The van der Waals surface area contributed by atoms with Crippen LogP contribution in [0.25, 0.3) is 0 Å². The molecule has 2 heteroatoms. The van der Waals surface area contributed by atoms with Gasteiger partial charge in [-0.2, -0.15) is 11.8 Å². The molecule has 0 radical (unpaired) electrons. The van der Waals surface area contributed by atoms with Gasteiger partial charge in [-0.3, -0.25) is 0 Å². The summed E-state index contributed by atoms with van der Waals surface area (Å²) in [5.74, 6) is 2.13. The summed E-state index contributed by atoms with van der Waals surface area (Å²) >= 11 is 1.89. The van der Waals surface area contributed by atoms with Crippen molar-refractivity contribution in [3.05, 3.63) is 35.4 Å². The Kier molecular flexibility index (Phi) is 4.19. The Morgan fingerprint density at radius 3 is 2.50 bits per heavy atom. The molecule has 0 bridgehead atoms. The van der Waals surface area contributed by atoms with Crippen molar-refractivity contribution in [3.8, 4) is 0 Å². The lowest BCUT2D eigenvalue weighted by Gasteiger charge is -2.00. The van der Waals surface area contributed by atoms with Crippen LogP contribution in [0, 0.1) is 6.92 Å². The third-order valence-electron chi connectivity index (χ3n) is 1.65. The number of rotatable bonds is 4. The second-order valence-corrected chi connectivity index (χ2v) is 3.93. The van der Waals surface area contributed by atoms with E-state index in [1.165, 1.54) is 11.1 Å². The fourth-order valence-electron chi connectivity index (χ4n) is 0.958. The van der Waals surface area contributed by atoms with Crippen molar-refractivity contribution in [1.29, 1.82) is 0 Å². The highest BCUT2D eigenvalue weighted by molar-refractivity contribution is 7.98. The van der Waals surface area contributed by atoms with Crippen molar-refractivity contribution in [3.63, 3.8) is 0 Å². The van der Waals surface area contributed by atoms with Crippen molar-refractivity contribution in [2.75, 3.05) is 12.3 Å². The molecule has 0 saturated carbocycles. The highest BCUT2D eigenvalue weighted by Gasteiger charge is 1.91. The first-order chi connectivity index (χ1) is 5.83. The summed E-state index contributed by atoms with van der Waals surface area (Å²) < 4.78 is 0. The zero-order chi connectivity index (χ0) is 8.81. The van der Waals surface area contributed by atoms with E-state index < -0.39 is 0 Å². The molecule has 0 aromatic heterocycles. The molecule has 1 nitrogen and oxygen atoms in total. The van der Waals surface area contributed by atoms with Crippen molar-refractivity contribution < 1.29 is 0 Å². The lowest BCUT2D eigenvalue weighted by atomic mass is 10.2. The molecule has 0 unspecified atom stereocenters. The average Bonchev–Trinajstić information content (AvgIpc) is 2.09. The average molecular weight is 181 g/mol. The monoisotopic (exact) mass is 181 g/mol. The second-order valence-electron chi connectivity index (χ2n) is 2.83. The second kappa shape index (κ2) is 5.22. The summed E-state index contributed by atoms with van der Waals surface area (Å²) in [6, 6.07) is 8.66. The number of hydrogen-bond donors (Lipinski definition) is 1. The molecule has 0 aliphatic heterocycles. The Labute approximate surface area is 78.4 Å². The molecule has 0 amide bonds. The number of thioether (sulfide) groups is 1. The molecule has 0 aliphatic carbocycles. The molecule has 0 spiro atoms. The summed E-state index contributed by atoms with van der Waals surface area (Å²) in [5.41, 5.74) is 8.11. The zero-order valence-electron chi connectivity index (χ0n) is 7.42. The first-order valence-corrected chi connectivity index (χ1v) is 5.32. The van der Waals surface area contributed by atoms with E-state index in [0.29, 0.717) is 0 Å². The SMILES string of the molecule is Cc1ccc(CSCCN)cc1. The van der Waals surface area contributed by atoms with Crippen molar-refractivity contribution >= 4 is 11.8 Å². The Hall–Kier alpha value is -0.470. The van der Waals surface area contributed by atoms with Gasteiger partial charge < -0.3 is 5.73 Å². The molecule has 1 aromatic rings. The van der Waals surface area contributed by atoms with Crippen molar-refractivity contribution in [2.45, 2.75) is 12.7 Å². The van der Waals surface area contributed by atoms with Gasteiger partial charge in [0.1, 0.15) is 0 Å². The fraction of sp³-hybridized carbons (Fsp3) is 0.400. The van der Waals surface area contributed by atoms with Crippen LogP contribution in [-0.2, 0) is 5.75 Å². The predicted octanol–water partition coefficient (Wildman–Crippen LogP) is 2.19. The summed E-state index contributed by atoms with van der Waals surface area (Å²) in [6.07, 6.45) is 0. The van der Waals surface area contributed by atoms with Gasteiger partial charge in [-0.15, -0.1) is 0 Å². The fourth-order valence-corrected chi connectivity index (χ4v) is 1.70. The van der Waals surface area contributed by atoms with Gasteiger partial charge in [0, 0.05) is 18.1 Å². The number of nitrogens with two attached hydrogens (primary N) is 1. The van der Waals surface area contributed by atoms with E-state index in [2.05, 4.69) is 31.2 Å². The summed E-state index contributed by atoms with van der Waals surface area (Å²) in [4.78, 5) is 0. The molecular weight excluding hydrogens is 166 g/mol. The summed E-state index contributed by atoms with van der Waals surface area (Å²) in [5, 5.41) is 0. The molecule has 1 aromatic carbocycles. The first kappa shape index (κ1) is 9.62. The standard InChI is InChI=1S/C10H15NS/c1-9-2-4-10(5-3-9)8-12-7-6-11/h2-5H,6-8,11H2,1H3. The molecular formula is C10H15NS. The van der Waals surface area contributed by atoms with Gasteiger partial charge in [0.25, 0.3) is 0 Å².